The highest BCUT2D eigenvalue weighted by Crippen LogP contribution is 2.24. The fraction of sp³-hybridized carbons (Fsp3) is 0.0500. The van der Waals surface area contributed by atoms with Crippen molar-refractivity contribution in [2.24, 2.45) is 0 Å². The van der Waals surface area contributed by atoms with Gasteiger partial charge in [0.05, 0.1) is 0 Å². The minimum Gasteiger partial charge on any atom is -0.361 e. The summed E-state index contributed by atoms with van der Waals surface area (Å²) >= 11 is 0. The van der Waals surface area contributed by atoms with Crippen molar-refractivity contribution in [2.45, 2.75) is 6.42 Å². The van der Waals surface area contributed by atoms with Gasteiger partial charge in [-0.05, 0) is 40.8 Å². The molecule has 0 fully saturated rings. The van der Waals surface area contributed by atoms with E-state index in [1.807, 2.05) is 0 Å². The highest BCUT2D eigenvalue weighted by molar-refractivity contribution is 5.87. The number of fused-ring (bicyclic) bond motifs is 2. The van der Waals surface area contributed by atoms with E-state index in [0.29, 0.717) is 0 Å². The van der Waals surface area contributed by atoms with E-state index in [-0.39, 0.29) is 0 Å². The maximum atomic E-state index is 3.33. The topological polar surface area (TPSA) is 15.8 Å². The lowest BCUT2D eigenvalue weighted by Crippen LogP contribution is -1.89. The van der Waals surface area contributed by atoms with Crippen LogP contribution in [0.2, 0.25) is 0 Å². The molecule has 0 aliphatic rings. The van der Waals surface area contributed by atoms with Crippen LogP contribution in [-0.2, 0) is 6.42 Å². The van der Waals surface area contributed by atoms with Crippen molar-refractivity contribution in [3.8, 4) is 0 Å². The second-order valence-electron chi connectivity index (χ2n) is 5.34. The predicted molar refractivity (Wildman–Crippen MR) is 89.4 cm³/mol. The quantitative estimate of drug-likeness (QED) is 0.532. The predicted octanol–water partition coefficient (Wildman–Crippen LogP) is 5.12. The minimum absolute atomic E-state index is 0.948. The molecular formula is C20H16N. The summed E-state index contributed by atoms with van der Waals surface area (Å²) in [5.41, 5.74) is 3.85. The standard InChI is InChI=1S/C20H16N/c1-2-9-18-15(6-1)7-5-8-16(18)12-13-17-14-21-20-11-4-3-10-19(17)20/h1-11,13-14,21H,12H2. The van der Waals surface area contributed by atoms with Crippen LogP contribution in [0.3, 0.4) is 0 Å². The normalized spacial score (nSPS) is 11.2. The molecule has 0 saturated heterocycles. The molecule has 3 aromatic carbocycles. The number of H-pyrrole nitrogens is 1. The van der Waals surface area contributed by atoms with Gasteiger partial charge in [0.25, 0.3) is 0 Å². The summed E-state index contributed by atoms with van der Waals surface area (Å²) in [6, 6.07) is 23.5. The molecule has 0 amide bonds. The van der Waals surface area contributed by atoms with Crippen LogP contribution in [0, 0.1) is 6.42 Å². The number of aromatic amines is 1. The number of rotatable bonds is 3. The van der Waals surface area contributed by atoms with Gasteiger partial charge < -0.3 is 4.98 Å². The maximum absolute atomic E-state index is 3.33. The lowest BCUT2D eigenvalue weighted by molar-refractivity contribution is 1.19. The average molecular weight is 270 g/mol. The first-order valence-electron chi connectivity index (χ1n) is 7.28. The molecule has 101 valence electrons. The average Bonchev–Trinajstić information content (AvgIpc) is 2.96. The SMILES string of the molecule is [CH](Cc1cccc2ccccc12)c1c[nH]c2ccccc12. The van der Waals surface area contributed by atoms with Crippen molar-refractivity contribution in [2.75, 3.05) is 0 Å². The molecule has 0 bridgehead atoms. The largest absolute Gasteiger partial charge is 0.361 e. The van der Waals surface area contributed by atoms with Crippen LogP contribution < -0.4 is 0 Å². The van der Waals surface area contributed by atoms with E-state index in [9.17, 15) is 0 Å². The molecule has 4 aromatic rings. The van der Waals surface area contributed by atoms with E-state index in [2.05, 4.69) is 84.3 Å². The monoisotopic (exact) mass is 270 g/mol. The lowest BCUT2D eigenvalue weighted by Gasteiger charge is -2.06. The van der Waals surface area contributed by atoms with Crippen LogP contribution in [0.5, 0.6) is 0 Å². The summed E-state index contributed by atoms with van der Waals surface area (Å²) in [5, 5.41) is 3.94. The molecular weight excluding hydrogens is 254 g/mol. The first-order valence-corrected chi connectivity index (χ1v) is 7.28. The summed E-state index contributed by atoms with van der Waals surface area (Å²) in [4.78, 5) is 3.33. The number of aromatic nitrogens is 1. The minimum atomic E-state index is 0.948. The molecule has 0 atom stereocenters. The Morgan fingerprint density at radius 2 is 1.52 bits per heavy atom. The molecule has 21 heavy (non-hydrogen) atoms. The lowest BCUT2D eigenvalue weighted by atomic mass is 9.98. The Bertz CT molecular complexity index is 896. The molecule has 1 radical (unpaired) electrons. The Kier molecular flexibility index (Phi) is 2.97. The van der Waals surface area contributed by atoms with Crippen LogP contribution in [0.25, 0.3) is 21.7 Å². The molecule has 0 aliphatic heterocycles. The molecule has 0 spiro atoms. The molecule has 4 rings (SSSR count). The van der Waals surface area contributed by atoms with Crippen molar-refractivity contribution in [3.05, 3.63) is 90.5 Å². The molecule has 1 heteroatoms. The maximum Gasteiger partial charge on any atom is 0.0456 e. The molecule has 1 heterocycles. The molecule has 0 saturated carbocycles. The van der Waals surface area contributed by atoms with Gasteiger partial charge >= 0.3 is 0 Å². The van der Waals surface area contributed by atoms with E-state index in [1.165, 1.54) is 32.8 Å². The van der Waals surface area contributed by atoms with Gasteiger partial charge in [-0.15, -0.1) is 0 Å². The van der Waals surface area contributed by atoms with Crippen LogP contribution in [-0.4, -0.2) is 4.98 Å². The number of benzene rings is 3. The van der Waals surface area contributed by atoms with Gasteiger partial charge in [-0.25, -0.2) is 0 Å². The Morgan fingerprint density at radius 3 is 2.48 bits per heavy atom. The molecule has 0 unspecified atom stereocenters. The molecule has 1 aromatic heterocycles. The van der Waals surface area contributed by atoms with Gasteiger partial charge in [0.2, 0.25) is 0 Å². The third-order valence-electron chi connectivity index (χ3n) is 4.04. The van der Waals surface area contributed by atoms with E-state index < -0.39 is 0 Å². The van der Waals surface area contributed by atoms with Gasteiger partial charge in [0, 0.05) is 17.1 Å². The van der Waals surface area contributed by atoms with Crippen molar-refractivity contribution in [1.29, 1.82) is 0 Å². The van der Waals surface area contributed by atoms with E-state index >= 15 is 0 Å². The van der Waals surface area contributed by atoms with Gasteiger partial charge in [-0.1, -0.05) is 60.7 Å². The zero-order valence-corrected chi connectivity index (χ0v) is 11.7. The Labute approximate surface area is 124 Å². The van der Waals surface area contributed by atoms with Crippen molar-refractivity contribution >= 4 is 21.7 Å². The van der Waals surface area contributed by atoms with E-state index in [0.717, 1.165) is 6.42 Å². The van der Waals surface area contributed by atoms with Gasteiger partial charge in [0.1, 0.15) is 0 Å². The molecule has 1 N–H and O–H groups in total. The van der Waals surface area contributed by atoms with Gasteiger partial charge in [-0.3, -0.25) is 0 Å². The van der Waals surface area contributed by atoms with Gasteiger partial charge in [-0.2, -0.15) is 0 Å². The Balaban J connectivity index is 1.67. The zero-order chi connectivity index (χ0) is 14.1. The smallest absolute Gasteiger partial charge is 0.0456 e. The second-order valence-corrected chi connectivity index (χ2v) is 5.34. The zero-order valence-electron chi connectivity index (χ0n) is 11.7. The van der Waals surface area contributed by atoms with Crippen molar-refractivity contribution < 1.29 is 0 Å². The number of hydrogen-bond acceptors (Lipinski definition) is 0. The Hall–Kier alpha value is -2.54. The number of hydrogen-bond donors (Lipinski definition) is 1. The summed E-state index contributed by atoms with van der Waals surface area (Å²) < 4.78 is 0. The fourth-order valence-electron chi connectivity index (χ4n) is 2.95. The third-order valence-corrected chi connectivity index (χ3v) is 4.04. The van der Waals surface area contributed by atoms with Crippen molar-refractivity contribution in [3.63, 3.8) is 0 Å². The first-order chi connectivity index (χ1) is 10.4. The molecule has 1 nitrogen and oxygen atoms in total. The van der Waals surface area contributed by atoms with Gasteiger partial charge in [0.15, 0.2) is 0 Å². The second kappa shape index (κ2) is 5.10. The third kappa shape index (κ3) is 2.21. The van der Waals surface area contributed by atoms with E-state index in [4.69, 9.17) is 0 Å². The summed E-state index contributed by atoms with van der Waals surface area (Å²) in [7, 11) is 0. The first kappa shape index (κ1) is 12.2. The summed E-state index contributed by atoms with van der Waals surface area (Å²) in [6.45, 7) is 0. The highest BCUT2D eigenvalue weighted by atomic mass is 14.7. The van der Waals surface area contributed by atoms with Crippen LogP contribution >= 0.6 is 0 Å². The fourth-order valence-corrected chi connectivity index (χ4v) is 2.95. The van der Waals surface area contributed by atoms with E-state index in [1.54, 1.807) is 0 Å². The highest BCUT2D eigenvalue weighted by Gasteiger charge is 2.05. The van der Waals surface area contributed by atoms with Crippen LogP contribution in [0.1, 0.15) is 11.1 Å². The summed E-state index contributed by atoms with van der Waals surface area (Å²) in [6.07, 6.45) is 5.35. The van der Waals surface area contributed by atoms with Crippen molar-refractivity contribution in [1.82, 2.24) is 4.98 Å². The number of para-hydroxylation sites is 1. The molecule has 0 aliphatic carbocycles. The summed E-state index contributed by atoms with van der Waals surface area (Å²) in [5.74, 6) is 0. The number of nitrogens with one attached hydrogen (secondary N) is 1. The van der Waals surface area contributed by atoms with Crippen LogP contribution in [0.4, 0.5) is 0 Å². The van der Waals surface area contributed by atoms with Crippen LogP contribution in [0.15, 0.2) is 72.9 Å². The Morgan fingerprint density at radius 1 is 0.762 bits per heavy atom.